The molecule has 1 aromatic carbocycles. The first-order valence-corrected chi connectivity index (χ1v) is 5.69. The van der Waals surface area contributed by atoms with E-state index in [1.807, 2.05) is 11.8 Å². The Bertz CT molecular complexity index is 271. The molecule has 1 rings (SSSR count). The molecule has 2 N–H and O–H groups in total. The molecule has 0 aliphatic carbocycles. The molecule has 2 heteroatoms. The van der Waals surface area contributed by atoms with Gasteiger partial charge in [0.25, 0.3) is 0 Å². The van der Waals surface area contributed by atoms with Gasteiger partial charge in [0.05, 0.1) is 0 Å². The zero-order valence-electron chi connectivity index (χ0n) is 8.34. The van der Waals surface area contributed by atoms with Crippen LogP contribution in [0.15, 0.2) is 23.1 Å². The molecule has 0 aliphatic heterocycles. The Morgan fingerprint density at radius 3 is 2.77 bits per heavy atom. The molecular formula is C11H17NS. The van der Waals surface area contributed by atoms with Gasteiger partial charge in [-0.25, -0.2) is 0 Å². The van der Waals surface area contributed by atoms with Crippen LogP contribution in [0.25, 0.3) is 0 Å². The minimum absolute atomic E-state index is 0.737. The van der Waals surface area contributed by atoms with Crippen molar-refractivity contribution in [2.75, 3.05) is 12.3 Å². The van der Waals surface area contributed by atoms with E-state index in [9.17, 15) is 0 Å². The smallest absolute Gasteiger partial charge is 0.0105 e. The second-order valence-corrected chi connectivity index (χ2v) is 4.39. The van der Waals surface area contributed by atoms with Crippen LogP contribution in [0, 0.1) is 6.92 Å². The molecule has 0 saturated carbocycles. The third kappa shape index (κ3) is 3.05. The summed E-state index contributed by atoms with van der Waals surface area (Å²) in [4.78, 5) is 1.39. The lowest BCUT2D eigenvalue weighted by Crippen LogP contribution is -2.04. The van der Waals surface area contributed by atoms with Crippen LogP contribution in [0.3, 0.4) is 0 Å². The van der Waals surface area contributed by atoms with E-state index < -0.39 is 0 Å². The summed E-state index contributed by atoms with van der Waals surface area (Å²) in [5.74, 6) is 1.13. The summed E-state index contributed by atoms with van der Waals surface area (Å²) in [5, 5.41) is 0. The van der Waals surface area contributed by atoms with Crippen LogP contribution in [0.1, 0.15) is 18.1 Å². The molecule has 0 spiro atoms. The summed E-state index contributed by atoms with van der Waals surface area (Å²) in [5.41, 5.74) is 8.29. The van der Waals surface area contributed by atoms with Gasteiger partial charge in [-0.1, -0.05) is 24.6 Å². The number of aryl methyl sites for hydroxylation is 1. The fourth-order valence-corrected chi connectivity index (χ4v) is 2.18. The molecule has 0 bridgehead atoms. The van der Waals surface area contributed by atoms with Crippen molar-refractivity contribution in [3.05, 3.63) is 29.3 Å². The molecule has 0 unspecified atom stereocenters. The van der Waals surface area contributed by atoms with Gasteiger partial charge >= 0.3 is 0 Å². The summed E-state index contributed by atoms with van der Waals surface area (Å²) in [6, 6.07) is 6.61. The lowest BCUT2D eigenvalue weighted by Gasteiger charge is -2.07. The monoisotopic (exact) mass is 195 g/mol. The van der Waals surface area contributed by atoms with Crippen LogP contribution in [0.5, 0.6) is 0 Å². The number of benzene rings is 1. The Balaban J connectivity index is 2.89. The summed E-state index contributed by atoms with van der Waals surface area (Å²) >= 11 is 1.89. The first kappa shape index (κ1) is 10.6. The SMILES string of the molecule is CCSc1ccc(C)cc1CCN. The second kappa shape index (κ2) is 5.30. The average molecular weight is 195 g/mol. The molecule has 13 heavy (non-hydrogen) atoms. The highest BCUT2D eigenvalue weighted by molar-refractivity contribution is 7.99. The standard InChI is InChI=1S/C11H17NS/c1-3-13-11-5-4-9(2)8-10(11)6-7-12/h4-5,8H,3,6-7,12H2,1-2H3. The topological polar surface area (TPSA) is 26.0 Å². The van der Waals surface area contributed by atoms with Crippen molar-refractivity contribution >= 4 is 11.8 Å². The number of rotatable bonds is 4. The zero-order valence-corrected chi connectivity index (χ0v) is 9.16. The van der Waals surface area contributed by atoms with Crippen molar-refractivity contribution in [1.82, 2.24) is 0 Å². The zero-order chi connectivity index (χ0) is 9.68. The summed E-state index contributed by atoms with van der Waals surface area (Å²) < 4.78 is 0. The van der Waals surface area contributed by atoms with E-state index in [0.29, 0.717) is 0 Å². The molecule has 0 fully saturated rings. The van der Waals surface area contributed by atoms with E-state index in [-0.39, 0.29) is 0 Å². The van der Waals surface area contributed by atoms with Gasteiger partial charge in [0.15, 0.2) is 0 Å². The lowest BCUT2D eigenvalue weighted by molar-refractivity contribution is 0.942. The first-order chi connectivity index (χ1) is 6.27. The predicted octanol–water partition coefficient (Wildman–Crippen LogP) is 2.61. The Labute approximate surface area is 84.7 Å². The quantitative estimate of drug-likeness (QED) is 0.747. The van der Waals surface area contributed by atoms with E-state index in [1.54, 1.807) is 0 Å². The molecule has 0 aliphatic rings. The summed E-state index contributed by atoms with van der Waals surface area (Å²) in [6.45, 7) is 5.04. The van der Waals surface area contributed by atoms with E-state index in [0.717, 1.165) is 18.7 Å². The normalized spacial score (nSPS) is 10.4. The van der Waals surface area contributed by atoms with E-state index >= 15 is 0 Å². The average Bonchev–Trinajstić information content (AvgIpc) is 2.10. The molecule has 0 saturated heterocycles. The van der Waals surface area contributed by atoms with Crippen LogP contribution in [-0.4, -0.2) is 12.3 Å². The van der Waals surface area contributed by atoms with Crippen LogP contribution in [0.4, 0.5) is 0 Å². The maximum absolute atomic E-state index is 5.57. The maximum atomic E-state index is 5.57. The van der Waals surface area contributed by atoms with Gasteiger partial charge in [-0.2, -0.15) is 0 Å². The fraction of sp³-hybridized carbons (Fsp3) is 0.455. The molecular weight excluding hydrogens is 178 g/mol. The number of nitrogens with two attached hydrogens (primary N) is 1. The van der Waals surface area contributed by atoms with Crippen molar-refractivity contribution in [2.24, 2.45) is 5.73 Å². The van der Waals surface area contributed by atoms with Gasteiger partial charge in [-0.3, -0.25) is 0 Å². The highest BCUT2D eigenvalue weighted by atomic mass is 32.2. The molecule has 72 valence electrons. The van der Waals surface area contributed by atoms with Gasteiger partial charge in [0, 0.05) is 4.90 Å². The van der Waals surface area contributed by atoms with Crippen LogP contribution in [-0.2, 0) is 6.42 Å². The van der Waals surface area contributed by atoms with Crippen molar-refractivity contribution in [3.63, 3.8) is 0 Å². The molecule has 0 amide bonds. The Hall–Kier alpha value is -0.470. The summed E-state index contributed by atoms with van der Waals surface area (Å²) in [7, 11) is 0. The molecule has 1 aromatic rings. The van der Waals surface area contributed by atoms with Crippen LogP contribution < -0.4 is 5.73 Å². The maximum Gasteiger partial charge on any atom is 0.0105 e. The van der Waals surface area contributed by atoms with Gasteiger partial charge in [0.1, 0.15) is 0 Å². The molecule has 0 aromatic heterocycles. The van der Waals surface area contributed by atoms with Crippen LogP contribution >= 0.6 is 11.8 Å². The number of thioether (sulfide) groups is 1. The first-order valence-electron chi connectivity index (χ1n) is 4.70. The molecule has 0 heterocycles. The number of hydrogen-bond acceptors (Lipinski definition) is 2. The number of hydrogen-bond donors (Lipinski definition) is 1. The van der Waals surface area contributed by atoms with Crippen molar-refractivity contribution in [2.45, 2.75) is 25.2 Å². The van der Waals surface area contributed by atoms with Gasteiger partial charge in [0.2, 0.25) is 0 Å². The van der Waals surface area contributed by atoms with Crippen molar-refractivity contribution in [3.8, 4) is 0 Å². The van der Waals surface area contributed by atoms with Crippen molar-refractivity contribution in [1.29, 1.82) is 0 Å². The third-order valence-corrected chi connectivity index (χ3v) is 2.93. The van der Waals surface area contributed by atoms with E-state index in [4.69, 9.17) is 5.73 Å². The van der Waals surface area contributed by atoms with Gasteiger partial charge in [-0.15, -0.1) is 11.8 Å². The Kier molecular flexibility index (Phi) is 4.33. The second-order valence-electron chi connectivity index (χ2n) is 3.08. The highest BCUT2D eigenvalue weighted by Gasteiger charge is 2.01. The van der Waals surface area contributed by atoms with Crippen LogP contribution in [0.2, 0.25) is 0 Å². The highest BCUT2D eigenvalue weighted by Crippen LogP contribution is 2.23. The molecule has 0 atom stereocenters. The minimum atomic E-state index is 0.737. The Morgan fingerprint density at radius 1 is 1.38 bits per heavy atom. The summed E-state index contributed by atoms with van der Waals surface area (Å²) in [6.07, 6.45) is 0.990. The van der Waals surface area contributed by atoms with Gasteiger partial charge < -0.3 is 5.73 Å². The predicted molar refractivity (Wildman–Crippen MR) is 60.3 cm³/mol. The largest absolute Gasteiger partial charge is 0.330 e. The van der Waals surface area contributed by atoms with Gasteiger partial charge in [-0.05, 0) is 37.3 Å². The molecule has 0 radical (unpaired) electrons. The van der Waals surface area contributed by atoms with Crippen molar-refractivity contribution < 1.29 is 0 Å². The lowest BCUT2D eigenvalue weighted by atomic mass is 10.1. The minimum Gasteiger partial charge on any atom is -0.330 e. The molecule has 1 nitrogen and oxygen atoms in total. The third-order valence-electron chi connectivity index (χ3n) is 1.93. The fourth-order valence-electron chi connectivity index (χ4n) is 1.36. The van der Waals surface area contributed by atoms with E-state index in [2.05, 4.69) is 32.0 Å². The van der Waals surface area contributed by atoms with E-state index in [1.165, 1.54) is 16.0 Å². The Morgan fingerprint density at radius 2 is 2.15 bits per heavy atom.